The fourth-order valence-electron chi connectivity index (χ4n) is 3.89. The second-order valence-electron chi connectivity index (χ2n) is 7.56. The minimum atomic E-state index is -0.793. The van der Waals surface area contributed by atoms with E-state index >= 15 is 0 Å². The fourth-order valence-corrected chi connectivity index (χ4v) is 3.89. The average Bonchev–Trinajstić information content (AvgIpc) is 3.06. The number of ketones is 1. The lowest BCUT2D eigenvalue weighted by Gasteiger charge is -2.25. The van der Waals surface area contributed by atoms with Crippen LogP contribution in [0.1, 0.15) is 35.2 Å². The lowest BCUT2D eigenvalue weighted by molar-refractivity contribution is -0.132. The Hall–Kier alpha value is -3.73. The third kappa shape index (κ3) is 3.63. The van der Waals surface area contributed by atoms with Crippen molar-refractivity contribution in [3.63, 3.8) is 0 Å². The van der Waals surface area contributed by atoms with Gasteiger partial charge in [0.05, 0.1) is 11.6 Å². The maximum atomic E-state index is 13.7. The second-order valence-corrected chi connectivity index (χ2v) is 7.56. The van der Waals surface area contributed by atoms with E-state index in [1.165, 1.54) is 23.1 Å². The number of nitrogens with zero attached hydrogens (tertiary/aromatic N) is 1. The first-order valence-corrected chi connectivity index (χ1v) is 10.1. The van der Waals surface area contributed by atoms with E-state index in [4.69, 9.17) is 0 Å². The molecule has 0 saturated carbocycles. The molecule has 156 valence electrons. The van der Waals surface area contributed by atoms with Gasteiger partial charge >= 0.3 is 0 Å². The van der Waals surface area contributed by atoms with E-state index in [0.29, 0.717) is 22.4 Å². The van der Waals surface area contributed by atoms with Crippen molar-refractivity contribution in [2.75, 3.05) is 4.90 Å². The molecule has 1 atom stereocenters. The molecule has 3 aromatic carbocycles. The van der Waals surface area contributed by atoms with Crippen molar-refractivity contribution >= 4 is 23.1 Å². The number of halogens is 1. The van der Waals surface area contributed by atoms with E-state index in [2.05, 4.69) is 0 Å². The van der Waals surface area contributed by atoms with E-state index in [1.807, 2.05) is 37.3 Å². The lowest BCUT2D eigenvalue weighted by Crippen LogP contribution is -2.29. The van der Waals surface area contributed by atoms with Crippen LogP contribution in [-0.4, -0.2) is 16.8 Å². The predicted molar refractivity (Wildman–Crippen MR) is 118 cm³/mol. The molecule has 31 heavy (non-hydrogen) atoms. The number of carbonyl (C=O) groups is 2. The zero-order valence-corrected chi connectivity index (χ0v) is 17.3. The van der Waals surface area contributed by atoms with Gasteiger partial charge in [-0.1, -0.05) is 49.4 Å². The van der Waals surface area contributed by atoms with Crippen LogP contribution in [0, 0.1) is 12.7 Å². The van der Waals surface area contributed by atoms with Crippen LogP contribution in [0.25, 0.3) is 5.76 Å². The average molecular weight is 415 g/mol. The van der Waals surface area contributed by atoms with Gasteiger partial charge in [0.1, 0.15) is 11.6 Å². The minimum absolute atomic E-state index is 0.0101. The lowest BCUT2D eigenvalue weighted by atomic mass is 9.94. The third-order valence-electron chi connectivity index (χ3n) is 5.61. The monoisotopic (exact) mass is 415 g/mol. The molecule has 0 aromatic heterocycles. The van der Waals surface area contributed by atoms with E-state index in [0.717, 1.165) is 12.0 Å². The Balaban J connectivity index is 1.93. The number of aliphatic hydroxyl groups excluding tert-OH is 1. The molecule has 4 rings (SSSR count). The van der Waals surface area contributed by atoms with Crippen molar-refractivity contribution < 1.29 is 19.1 Å². The van der Waals surface area contributed by atoms with Gasteiger partial charge in [-0.25, -0.2) is 4.39 Å². The zero-order valence-electron chi connectivity index (χ0n) is 17.3. The first-order valence-electron chi connectivity index (χ1n) is 10.1. The van der Waals surface area contributed by atoms with Crippen LogP contribution in [-0.2, 0) is 16.0 Å². The molecule has 1 fully saturated rings. The molecule has 4 nitrogen and oxygen atoms in total. The van der Waals surface area contributed by atoms with Gasteiger partial charge < -0.3 is 5.11 Å². The molecular weight excluding hydrogens is 393 g/mol. The standard InChI is InChI=1S/C26H22FNO3/c1-3-17-9-11-18(12-10-17)23-22(24(29)19-13-14-21(27)16(2)15-19)25(30)26(31)28(23)20-7-5-4-6-8-20/h4-15,23,29H,3H2,1-2H3/b24-22-. The van der Waals surface area contributed by atoms with Gasteiger partial charge in [0, 0.05) is 11.3 Å². The maximum Gasteiger partial charge on any atom is 0.300 e. The van der Waals surface area contributed by atoms with Crippen LogP contribution in [0.5, 0.6) is 0 Å². The Morgan fingerprint density at radius 1 is 1.00 bits per heavy atom. The van der Waals surface area contributed by atoms with E-state index in [-0.39, 0.29) is 11.3 Å². The summed E-state index contributed by atoms with van der Waals surface area (Å²) in [7, 11) is 0. The molecule has 0 spiro atoms. The zero-order chi connectivity index (χ0) is 22.1. The SMILES string of the molecule is CCc1ccc(C2/C(=C(/O)c3ccc(F)c(C)c3)C(=O)C(=O)N2c2ccccc2)cc1. The van der Waals surface area contributed by atoms with E-state index in [9.17, 15) is 19.1 Å². The number of aliphatic hydroxyl groups is 1. The van der Waals surface area contributed by atoms with Crippen LogP contribution >= 0.6 is 0 Å². The Bertz CT molecular complexity index is 1180. The second kappa shape index (κ2) is 8.19. The van der Waals surface area contributed by atoms with Gasteiger partial charge in [-0.05, 0) is 60.4 Å². The normalized spacial score (nSPS) is 17.9. The number of benzene rings is 3. The highest BCUT2D eigenvalue weighted by Gasteiger charge is 2.46. The molecule has 0 bridgehead atoms. The fraction of sp³-hybridized carbons (Fsp3) is 0.154. The summed E-state index contributed by atoms with van der Waals surface area (Å²) in [6, 6.07) is 19.9. The highest BCUT2D eigenvalue weighted by Crippen LogP contribution is 2.42. The molecule has 1 N–H and O–H groups in total. The molecule has 1 aliphatic rings. The number of carbonyl (C=O) groups excluding carboxylic acids is 2. The Labute approximate surface area is 180 Å². The smallest absolute Gasteiger partial charge is 0.300 e. The summed E-state index contributed by atoms with van der Waals surface area (Å²) in [6.45, 7) is 3.62. The Morgan fingerprint density at radius 2 is 1.68 bits per heavy atom. The van der Waals surface area contributed by atoms with Gasteiger partial charge in [-0.3, -0.25) is 14.5 Å². The quantitative estimate of drug-likeness (QED) is 0.356. The minimum Gasteiger partial charge on any atom is -0.507 e. The molecule has 1 saturated heterocycles. The molecule has 1 amide bonds. The predicted octanol–water partition coefficient (Wildman–Crippen LogP) is 5.32. The molecule has 1 heterocycles. The number of para-hydroxylation sites is 1. The van der Waals surface area contributed by atoms with E-state index < -0.39 is 23.5 Å². The summed E-state index contributed by atoms with van der Waals surface area (Å²) in [5, 5.41) is 11.1. The van der Waals surface area contributed by atoms with Gasteiger partial charge in [0.25, 0.3) is 11.7 Å². The number of rotatable bonds is 4. The number of amides is 1. The molecule has 5 heteroatoms. The Morgan fingerprint density at radius 3 is 2.29 bits per heavy atom. The first-order chi connectivity index (χ1) is 14.9. The molecule has 1 unspecified atom stereocenters. The highest BCUT2D eigenvalue weighted by molar-refractivity contribution is 6.51. The van der Waals surface area contributed by atoms with Gasteiger partial charge in [-0.15, -0.1) is 0 Å². The van der Waals surface area contributed by atoms with Crippen LogP contribution in [0.15, 0.2) is 78.4 Å². The van der Waals surface area contributed by atoms with Crippen molar-refractivity contribution in [2.24, 2.45) is 0 Å². The Kier molecular flexibility index (Phi) is 5.42. The number of hydrogen-bond acceptors (Lipinski definition) is 3. The number of hydrogen-bond donors (Lipinski definition) is 1. The summed E-state index contributed by atoms with van der Waals surface area (Å²) in [5.41, 5.74) is 3.01. The van der Waals surface area contributed by atoms with Crippen molar-refractivity contribution in [1.82, 2.24) is 0 Å². The number of anilines is 1. The number of Topliss-reactive ketones (excluding diaryl/α,β-unsaturated/α-hetero) is 1. The summed E-state index contributed by atoms with van der Waals surface area (Å²) in [5.74, 6) is -2.21. The van der Waals surface area contributed by atoms with Gasteiger partial charge in [0.2, 0.25) is 0 Å². The van der Waals surface area contributed by atoms with E-state index in [1.54, 1.807) is 31.2 Å². The maximum absolute atomic E-state index is 13.7. The van der Waals surface area contributed by atoms with Gasteiger partial charge in [0.15, 0.2) is 0 Å². The third-order valence-corrected chi connectivity index (χ3v) is 5.61. The van der Waals surface area contributed by atoms with Crippen molar-refractivity contribution in [1.29, 1.82) is 0 Å². The van der Waals surface area contributed by atoms with Crippen LogP contribution in [0.2, 0.25) is 0 Å². The largest absolute Gasteiger partial charge is 0.507 e. The highest BCUT2D eigenvalue weighted by atomic mass is 19.1. The van der Waals surface area contributed by atoms with Crippen LogP contribution in [0.3, 0.4) is 0 Å². The molecular formula is C26H22FNO3. The summed E-state index contributed by atoms with van der Waals surface area (Å²) < 4.78 is 13.7. The first kappa shape index (κ1) is 20.5. The molecule has 0 aliphatic carbocycles. The summed E-state index contributed by atoms with van der Waals surface area (Å²) >= 11 is 0. The number of aryl methyl sites for hydroxylation is 2. The van der Waals surface area contributed by atoms with Crippen LogP contribution < -0.4 is 4.90 Å². The summed E-state index contributed by atoms with van der Waals surface area (Å²) in [6.07, 6.45) is 0.855. The van der Waals surface area contributed by atoms with Gasteiger partial charge in [-0.2, -0.15) is 0 Å². The van der Waals surface area contributed by atoms with Crippen molar-refractivity contribution in [2.45, 2.75) is 26.3 Å². The molecule has 3 aromatic rings. The molecule has 0 radical (unpaired) electrons. The topological polar surface area (TPSA) is 57.6 Å². The molecule has 1 aliphatic heterocycles. The van der Waals surface area contributed by atoms with Crippen LogP contribution in [0.4, 0.5) is 10.1 Å². The van der Waals surface area contributed by atoms with Crippen molar-refractivity contribution in [3.05, 3.63) is 106 Å². The van der Waals surface area contributed by atoms with Crippen molar-refractivity contribution in [3.8, 4) is 0 Å². The summed E-state index contributed by atoms with van der Waals surface area (Å²) in [4.78, 5) is 27.5.